The maximum absolute atomic E-state index is 14.3. The van der Waals surface area contributed by atoms with Gasteiger partial charge in [0, 0.05) is 35.1 Å². The fourth-order valence-corrected chi connectivity index (χ4v) is 5.69. The lowest BCUT2D eigenvalue weighted by atomic mass is 9.69. The van der Waals surface area contributed by atoms with Crippen LogP contribution >= 0.6 is 11.8 Å². The summed E-state index contributed by atoms with van der Waals surface area (Å²) in [6.07, 6.45) is 0.776. The van der Waals surface area contributed by atoms with Crippen molar-refractivity contribution in [2.24, 2.45) is 10.9 Å². The first-order valence-electron chi connectivity index (χ1n) is 12.4. The van der Waals surface area contributed by atoms with Crippen LogP contribution in [0.25, 0.3) is 0 Å². The molecule has 3 atom stereocenters. The van der Waals surface area contributed by atoms with Crippen LogP contribution in [0.3, 0.4) is 0 Å². The number of rotatable bonds is 9. The van der Waals surface area contributed by atoms with Crippen molar-refractivity contribution >= 4 is 29.2 Å². The van der Waals surface area contributed by atoms with Gasteiger partial charge in [-0.2, -0.15) is 11.8 Å². The van der Waals surface area contributed by atoms with E-state index >= 15 is 0 Å². The predicted octanol–water partition coefficient (Wildman–Crippen LogP) is 5.71. The van der Waals surface area contributed by atoms with E-state index < -0.39 is 23.6 Å². The summed E-state index contributed by atoms with van der Waals surface area (Å²) in [6, 6.07) is 11.8. The highest BCUT2D eigenvalue weighted by molar-refractivity contribution is 7.99. The van der Waals surface area contributed by atoms with Crippen molar-refractivity contribution in [3.05, 3.63) is 70.7 Å². The third-order valence-corrected chi connectivity index (χ3v) is 7.77. The summed E-state index contributed by atoms with van der Waals surface area (Å²) in [7, 11) is 3.15. The Bertz CT molecular complexity index is 1240. The van der Waals surface area contributed by atoms with Gasteiger partial charge in [0.2, 0.25) is 0 Å². The SMILES string of the molecule is CCSCCOC(=O)C1C(C)=NC2=C(C(=O)C[C@@H](c3ccc(OC)c(OC)c3)C2)[C@@H]1c1cccc(F)c1. The van der Waals surface area contributed by atoms with Crippen LogP contribution < -0.4 is 9.47 Å². The zero-order chi connectivity index (χ0) is 26.5. The zero-order valence-corrected chi connectivity index (χ0v) is 22.4. The highest BCUT2D eigenvalue weighted by Gasteiger charge is 2.45. The molecule has 0 fully saturated rings. The molecule has 2 aromatic rings. The highest BCUT2D eigenvalue weighted by Crippen LogP contribution is 2.47. The molecule has 0 saturated carbocycles. The van der Waals surface area contributed by atoms with E-state index in [1.165, 1.54) is 12.1 Å². The lowest BCUT2D eigenvalue weighted by molar-refractivity contribution is -0.145. The van der Waals surface area contributed by atoms with Crippen molar-refractivity contribution in [2.45, 2.75) is 38.5 Å². The second kappa shape index (κ2) is 11.9. The number of Topliss-reactive ketones (excluding diaryl/α,β-unsaturated/α-hetero) is 1. The Hall–Kier alpha value is -3.13. The first-order valence-corrected chi connectivity index (χ1v) is 13.6. The highest BCUT2D eigenvalue weighted by atomic mass is 32.2. The number of ether oxygens (including phenoxy) is 3. The van der Waals surface area contributed by atoms with Gasteiger partial charge in [0.15, 0.2) is 17.3 Å². The number of halogens is 1. The molecule has 8 heteroatoms. The zero-order valence-electron chi connectivity index (χ0n) is 21.6. The largest absolute Gasteiger partial charge is 0.493 e. The van der Waals surface area contributed by atoms with Gasteiger partial charge in [-0.15, -0.1) is 0 Å². The summed E-state index contributed by atoms with van der Waals surface area (Å²) in [5.41, 5.74) is 3.22. The van der Waals surface area contributed by atoms with Crippen LogP contribution in [0, 0.1) is 11.7 Å². The number of nitrogens with zero attached hydrogens (tertiary/aromatic N) is 1. The maximum Gasteiger partial charge on any atom is 0.315 e. The van der Waals surface area contributed by atoms with Gasteiger partial charge in [0.25, 0.3) is 0 Å². The summed E-state index contributed by atoms with van der Waals surface area (Å²) in [4.78, 5) is 31.7. The molecule has 1 aliphatic heterocycles. The fourth-order valence-electron chi connectivity index (χ4n) is 5.20. The van der Waals surface area contributed by atoms with E-state index in [0.717, 1.165) is 11.3 Å². The number of benzene rings is 2. The first kappa shape index (κ1) is 26.9. The fraction of sp³-hybridized carbons (Fsp3) is 0.414. The number of carbonyl (C=O) groups is 2. The molecule has 1 unspecified atom stereocenters. The number of allylic oxidation sites excluding steroid dienone is 2. The van der Waals surface area contributed by atoms with E-state index in [1.807, 2.05) is 25.1 Å². The molecule has 196 valence electrons. The Morgan fingerprint density at radius 2 is 1.86 bits per heavy atom. The Morgan fingerprint density at radius 1 is 1.08 bits per heavy atom. The van der Waals surface area contributed by atoms with Crippen molar-refractivity contribution in [3.8, 4) is 11.5 Å². The molecule has 6 nitrogen and oxygen atoms in total. The maximum atomic E-state index is 14.3. The van der Waals surface area contributed by atoms with Crippen molar-refractivity contribution in [1.82, 2.24) is 0 Å². The average Bonchev–Trinajstić information content (AvgIpc) is 2.89. The molecular formula is C29H32FNO5S. The molecule has 0 spiro atoms. The van der Waals surface area contributed by atoms with E-state index in [0.29, 0.717) is 46.2 Å². The first-order chi connectivity index (χ1) is 17.9. The third-order valence-electron chi connectivity index (χ3n) is 6.91. The summed E-state index contributed by atoms with van der Waals surface area (Å²) in [6.45, 7) is 4.11. The van der Waals surface area contributed by atoms with E-state index in [9.17, 15) is 14.0 Å². The van der Waals surface area contributed by atoms with Crippen molar-refractivity contribution in [2.75, 3.05) is 32.3 Å². The van der Waals surface area contributed by atoms with Gasteiger partial charge in [-0.25, -0.2) is 4.39 Å². The number of aliphatic imine (C=N–C) groups is 1. The van der Waals surface area contributed by atoms with Gasteiger partial charge < -0.3 is 14.2 Å². The van der Waals surface area contributed by atoms with Crippen LogP contribution in [-0.4, -0.2) is 49.8 Å². The van der Waals surface area contributed by atoms with Crippen LogP contribution in [0.15, 0.2) is 58.7 Å². The van der Waals surface area contributed by atoms with Crippen molar-refractivity contribution < 1.29 is 28.2 Å². The monoisotopic (exact) mass is 525 g/mol. The molecule has 2 aliphatic rings. The standard InChI is InChI=1S/C29H32FNO5S/c1-5-37-12-11-36-29(33)26-17(2)31-22-14-20(18-9-10-24(34-3)25(16-18)35-4)15-23(32)28(22)27(26)19-7-6-8-21(30)13-19/h6-10,13,16,20,26-27H,5,11-12,14-15H2,1-4H3/t20-,26?,27+/m0/s1. The van der Waals surface area contributed by atoms with E-state index in [1.54, 1.807) is 45.0 Å². The number of carbonyl (C=O) groups excluding carboxylic acids is 2. The Kier molecular flexibility index (Phi) is 8.69. The number of thioether (sulfide) groups is 1. The van der Waals surface area contributed by atoms with Gasteiger partial charge in [0.1, 0.15) is 18.3 Å². The minimum absolute atomic E-state index is 0.0918. The number of hydrogen-bond acceptors (Lipinski definition) is 7. The van der Waals surface area contributed by atoms with Gasteiger partial charge in [-0.1, -0.05) is 25.1 Å². The molecule has 0 radical (unpaired) electrons. The molecule has 0 N–H and O–H groups in total. The lowest BCUT2D eigenvalue weighted by Crippen LogP contribution is -2.38. The van der Waals surface area contributed by atoms with Gasteiger partial charge >= 0.3 is 5.97 Å². The van der Waals surface area contributed by atoms with Crippen LogP contribution in [-0.2, 0) is 14.3 Å². The Labute approximate surface area is 221 Å². The van der Waals surface area contributed by atoms with Crippen LogP contribution in [0.5, 0.6) is 11.5 Å². The number of methoxy groups -OCH3 is 2. The lowest BCUT2D eigenvalue weighted by Gasteiger charge is -2.36. The van der Waals surface area contributed by atoms with Gasteiger partial charge in [-0.05, 0) is 60.4 Å². The van der Waals surface area contributed by atoms with Crippen LogP contribution in [0.2, 0.25) is 0 Å². The average molecular weight is 526 g/mol. The van der Waals surface area contributed by atoms with Gasteiger partial charge in [0.05, 0.1) is 14.2 Å². The number of esters is 1. The second-order valence-electron chi connectivity index (χ2n) is 9.13. The predicted molar refractivity (Wildman–Crippen MR) is 143 cm³/mol. The molecule has 2 aromatic carbocycles. The molecular weight excluding hydrogens is 493 g/mol. The molecule has 0 bridgehead atoms. The summed E-state index contributed by atoms with van der Waals surface area (Å²) in [5, 5.41) is 0. The Balaban J connectivity index is 1.71. The second-order valence-corrected chi connectivity index (χ2v) is 10.5. The van der Waals surface area contributed by atoms with E-state index in [-0.39, 0.29) is 24.7 Å². The van der Waals surface area contributed by atoms with Crippen LogP contribution in [0.4, 0.5) is 4.39 Å². The van der Waals surface area contributed by atoms with Gasteiger partial charge in [-0.3, -0.25) is 14.6 Å². The quantitative estimate of drug-likeness (QED) is 0.308. The van der Waals surface area contributed by atoms with E-state index in [2.05, 4.69) is 0 Å². The van der Waals surface area contributed by atoms with E-state index in [4.69, 9.17) is 19.2 Å². The Morgan fingerprint density at radius 3 is 2.57 bits per heavy atom. The molecule has 4 rings (SSSR count). The summed E-state index contributed by atoms with van der Waals surface area (Å²) >= 11 is 1.68. The normalized spacial score (nSPS) is 21.3. The summed E-state index contributed by atoms with van der Waals surface area (Å²) in [5.74, 6) is 0.348. The topological polar surface area (TPSA) is 74.2 Å². The molecule has 0 amide bonds. The smallest absolute Gasteiger partial charge is 0.315 e. The minimum Gasteiger partial charge on any atom is -0.493 e. The number of ketones is 1. The molecule has 0 aromatic heterocycles. The third kappa shape index (κ3) is 5.74. The minimum atomic E-state index is -0.784. The van der Waals surface area contributed by atoms with Crippen molar-refractivity contribution in [3.63, 3.8) is 0 Å². The number of hydrogen-bond donors (Lipinski definition) is 0. The molecule has 37 heavy (non-hydrogen) atoms. The van der Waals surface area contributed by atoms with Crippen molar-refractivity contribution in [1.29, 1.82) is 0 Å². The van der Waals surface area contributed by atoms with Crippen LogP contribution in [0.1, 0.15) is 49.7 Å². The molecule has 1 heterocycles. The molecule has 1 aliphatic carbocycles. The molecule has 0 saturated heterocycles. The summed E-state index contributed by atoms with van der Waals surface area (Å²) < 4.78 is 30.7.